The SMILES string of the molecule is COc1cc(OC)cc(C(=O)C=C2Sc3ccccc3N2C)c1. The Balaban J connectivity index is 1.91. The number of ketones is 1. The molecule has 3 rings (SSSR count). The van der Waals surface area contributed by atoms with Crippen molar-refractivity contribution in [1.82, 2.24) is 0 Å². The number of allylic oxidation sites excluding steroid dienone is 1. The molecule has 0 bridgehead atoms. The third-order valence-electron chi connectivity index (χ3n) is 3.66. The highest BCUT2D eigenvalue weighted by molar-refractivity contribution is 8.03. The molecule has 118 valence electrons. The van der Waals surface area contributed by atoms with Gasteiger partial charge in [-0.1, -0.05) is 23.9 Å². The van der Waals surface area contributed by atoms with E-state index in [2.05, 4.69) is 6.07 Å². The third kappa shape index (κ3) is 3.05. The lowest BCUT2D eigenvalue weighted by Crippen LogP contribution is -2.11. The topological polar surface area (TPSA) is 38.8 Å². The largest absolute Gasteiger partial charge is 0.497 e. The zero-order chi connectivity index (χ0) is 16.4. The van der Waals surface area contributed by atoms with Crippen molar-refractivity contribution >= 4 is 23.2 Å². The lowest BCUT2D eigenvalue weighted by atomic mass is 10.1. The Bertz CT molecular complexity index is 763. The number of para-hydroxylation sites is 1. The minimum absolute atomic E-state index is 0.0793. The molecule has 0 saturated carbocycles. The normalized spacial score (nSPS) is 14.7. The van der Waals surface area contributed by atoms with E-state index in [-0.39, 0.29) is 5.78 Å². The number of fused-ring (bicyclic) bond motifs is 1. The van der Waals surface area contributed by atoms with Crippen LogP contribution in [-0.4, -0.2) is 27.1 Å². The number of thioether (sulfide) groups is 1. The Morgan fingerprint density at radius 2 is 1.74 bits per heavy atom. The van der Waals surface area contributed by atoms with Gasteiger partial charge in [-0.3, -0.25) is 4.79 Å². The summed E-state index contributed by atoms with van der Waals surface area (Å²) in [4.78, 5) is 15.8. The van der Waals surface area contributed by atoms with Gasteiger partial charge in [-0.25, -0.2) is 0 Å². The van der Waals surface area contributed by atoms with Crippen molar-refractivity contribution in [3.63, 3.8) is 0 Å². The van der Waals surface area contributed by atoms with Crippen LogP contribution in [0.25, 0.3) is 0 Å². The molecule has 2 aromatic carbocycles. The molecular weight excluding hydrogens is 310 g/mol. The summed E-state index contributed by atoms with van der Waals surface area (Å²) in [6, 6.07) is 13.3. The molecule has 0 fully saturated rings. The number of ether oxygens (including phenoxy) is 2. The monoisotopic (exact) mass is 327 g/mol. The molecule has 0 saturated heterocycles. The van der Waals surface area contributed by atoms with Gasteiger partial charge in [0, 0.05) is 29.6 Å². The second-order valence-electron chi connectivity index (χ2n) is 5.08. The Labute approximate surface area is 139 Å². The molecule has 0 aromatic heterocycles. The second-order valence-corrected chi connectivity index (χ2v) is 6.14. The maximum Gasteiger partial charge on any atom is 0.188 e. The van der Waals surface area contributed by atoms with E-state index in [1.54, 1.807) is 50.3 Å². The van der Waals surface area contributed by atoms with Crippen LogP contribution in [0.3, 0.4) is 0 Å². The molecule has 4 nitrogen and oxygen atoms in total. The molecule has 2 aromatic rings. The Hall–Kier alpha value is -2.40. The van der Waals surface area contributed by atoms with Crippen molar-refractivity contribution < 1.29 is 14.3 Å². The van der Waals surface area contributed by atoms with Crippen molar-refractivity contribution in [2.24, 2.45) is 0 Å². The number of carbonyl (C=O) groups excluding carboxylic acids is 1. The van der Waals surface area contributed by atoms with Gasteiger partial charge in [-0.15, -0.1) is 0 Å². The fourth-order valence-corrected chi connectivity index (χ4v) is 3.47. The number of benzene rings is 2. The molecule has 0 unspecified atom stereocenters. The molecule has 0 radical (unpaired) electrons. The highest BCUT2D eigenvalue weighted by atomic mass is 32.2. The predicted octanol–water partition coefficient (Wildman–Crippen LogP) is 3.97. The van der Waals surface area contributed by atoms with Gasteiger partial charge in [0.25, 0.3) is 0 Å². The van der Waals surface area contributed by atoms with Crippen molar-refractivity contribution in [3.05, 3.63) is 59.1 Å². The lowest BCUT2D eigenvalue weighted by Gasteiger charge is -2.13. The number of methoxy groups -OCH3 is 2. The van der Waals surface area contributed by atoms with Crippen LogP contribution in [0, 0.1) is 0 Å². The van der Waals surface area contributed by atoms with E-state index < -0.39 is 0 Å². The van der Waals surface area contributed by atoms with Gasteiger partial charge in [0.2, 0.25) is 0 Å². The van der Waals surface area contributed by atoms with Gasteiger partial charge in [-0.2, -0.15) is 0 Å². The Morgan fingerprint density at radius 1 is 1.09 bits per heavy atom. The average molecular weight is 327 g/mol. The van der Waals surface area contributed by atoms with Crippen LogP contribution in [0.15, 0.2) is 58.5 Å². The summed E-state index contributed by atoms with van der Waals surface area (Å²) in [5, 5.41) is 0.901. The Morgan fingerprint density at radius 3 is 2.35 bits per heavy atom. The molecular formula is C18H17NO3S. The van der Waals surface area contributed by atoms with Gasteiger partial charge in [0.15, 0.2) is 5.78 Å². The number of anilines is 1. The molecule has 1 aliphatic heterocycles. The number of carbonyl (C=O) groups is 1. The van der Waals surface area contributed by atoms with Crippen molar-refractivity contribution in [1.29, 1.82) is 0 Å². The molecule has 1 aliphatic rings. The van der Waals surface area contributed by atoms with E-state index >= 15 is 0 Å². The molecule has 23 heavy (non-hydrogen) atoms. The van der Waals surface area contributed by atoms with E-state index in [0.717, 1.165) is 15.6 Å². The van der Waals surface area contributed by atoms with Crippen molar-refractivity contribution in [2.45, 2.75) is 4.90 Å². The van der Waals surface area contributed by atoms with Crippen LogP contribution in [0.5, 0.6) is 11.5 Å². The maximum absolute atomic E-state index is 12.6. The highest BCUT2D eigenvalue weighted by Gasteiger charge is 2.22. The van der Waals surface area contributed by atoms with Crippen LogP contribution in [-0.2, 0) is 0 Å². The summed E-state index contributed by atoms with van der Waals surface area (Å²) in [6.45, 7) is 0. The first kappa shape index (κ1) is 15.5. The molecule has 0 amide bonds. The quantitative estimate of drug-likeness (QED) is 0.627. The average Bonchev–Trinajstić information content (AvgIpc) is 2.90. The van der Waals surface area contributed by atoms with E-state index in [0.29, 0.717) is 17.1 Å². The fraction of sp³-hybridized carbons (Fsp3) is 0.167. The van der Waals surface area contributed by atoms with Gasteiger partial charge in [0.05, 0.1) is 24.9 Å². The van der Waals surface area contributed by atoms with Crippen LogP contribution in [0.4, 0.5) is 5.69 Å². The van der Waals surface area contributed by atoms with E-state index in [1.807, 2.05) is 30.1 Å². The number of hydrogen-bond donors (Lipinski definition) is 0. The summed E-state index contributed by atoms with van der Waals surface area (Å²) >= 11 is 1.59. The summed E-state index contributed by atoms with van der Waals surface area (Å²) < 4.78 is 10.4. The maximum atomic E-state index is 12.6. The second kappa shape index (κ2) is 6.38. The third-order valence-corrected chi connectivity index (χ3v) is 4.83. The van der Waals surface area contributed by atoms with Crippen LogP contribution < -0.4 is 14.4 Å². The summed E-state index contributed by atoms with van der Waals surface area (Å²) in [7, 11) is 5.10. The molecule has 0 aliphatic carbocycles. The minimum atomic E-state index is -0.0793. The molecule has 0 N–H and O–H groups in total. The van der Waals surface area contributed by atoms with Crippen LogP contribution in [0.2, 0.25) is 0 Å². The van der Waals surface area contributed by atoms with Gasteiger partial charge >= 0.3 is 0 Å². The summed E-state index contributed by atoms with van der Waals surface area (Å²) in [5.41, 5.74) is 1.65. The first-order valence-corrected chi connectivity index (χ1v) is 7.93. The van der Waals surface area contributed by atoms with Crippen molar-refractivity contribution in [2.75, 3.05) is 26.2 Å². The number of nitrogens with zero attached hydrogens (tertiary/aromatic N) is 1. The molecule has 0 atom stereocenters. The van der Waals surface area contributed by atoms with E-state index in [1.165, 1.54) is 0 Å². The van der Waals surface area contributed by atoms with Crippen molar-refractivity contribution in [3.8, 4) is 11.5 Å². The highest BCUT2D eigenvalue weighted by Crippen LogP contribution is 2.44. The van der Waals surface area contributed by atoms with Crippen LogP contribution >= 0.6 is 11.8 Å². The van der Waals surface area contributed by atoms with Gasteiger partial charge in [-0.05, 0) is 24.3 Å². The first-order valence-electron chi connectivity index (χ1n) is 7.12. The zero-order valence-electron chi connectivity index (χ0n) is 13.2. The molecule has 1 heterocycles. The smallest absolute Gasteiger partial charge is 0.188 e. The minimum Gasteiger partial charge on any atom is -0.497 e. The fourth-order valence-electron chi connectivity index (χ4n) is 2.39. The standard InChI is InChI=1S/C18H17NO3S/c1-19-15-6-4-5-7-17(15)23-18(19)11-16(20)12-8-13(21-2)10-14(9-12)22-3/h4-11H,1-3H3. The molecule has 0 spiro atoms. The van der Waals surface area contributed by atoms with Gasteiger partial charge < -0.3 is 14.4 Å². The lowest BCUT2D eigenvalue weighted by molar-refractivity contribution is 0.104. The Kier molecular flexibility index (Phi) is 4.30. The first-order chi connectivity index (χ1) is 11.1. The number of hydrogen-bond acceptors (Lipinski definition) is 5. The molecule has 5 heteroatoms. The van der Waals surface area contributed by atoms with E-state index in [9.17, 15) is 4.79 Å². The van der Waals surface area contributed by atoms with E-state index in [4.69, 9.17) is 9.47 Å². The summed E-state index contributed by atoms with van der Waals surface area (Å²) in [6.07, 6.45) is 1.65. The van der Waals surface area contributed by atoms with Gasteiger partial charge in [0.1, 0.15) is 11.5 Å². The summed E-state index contributed by atoms with van der Waals surface area (Å²) in [5.74, 6) is 1.12. The number of rotatable bonds is 4. The zero-order valence-corrected chi connectivity index (χ0v) is 14.0. The van der Waals surface area contributed by atoms with Crippen LogP contribution in [0.1, 0.15) is 10.4 Å². The predicted molar refractivity (Wildman–Crippen MR) is 92.7 cm³/mol.